The van der Waals surface area contributed by atoms with Gasteiger partial charge in [-0.1, -0.05) is 12.1 Å². The summed E-state index contributed by atoms with van der Waals surface area (Å²) in [5, 5.41) is 40.0. The summed E-state index contributed by atoms with van der Waals surface area (Å²) in [6.07, 6.45) is 3.88. The van der Waals surface area contributed by atoms with Gasteiger partial charge in [-0.3, -0.25) is 10.1 Å². The third-order valence-electron chi connectivity index (χ3n) is 3.01. The molecule has 0 aliphatic rings. The number of hydrogen-bond donors (Lipinski definition) is 2. The molecule has 11 heteroatoms. The molecule has 11 nitrogen and oxygen atoms in total. The molecular formula is C13H9N9O2. The van der Waals surface area contributed by atoms with Gasteiger partial charge >= 0.3 is 5.69 Å². The molecule has 24 heavy (non-hydrogen) atoms. The monoisotopic (exact) mass is 323 g/mol. The Morgan fingerprint density at radius 1 is 1.46 bits per heavy atom. The van der Waals surface area contributed by atoms with E-state index in [1.165, 1.54) is 17.1 Å². The van der Waals surface area contributed by atoms with E-state index >= 15 is 0 Å². The van der Waals surface area contributed by atoms with E-state index in [1.54, 1.807) is 24.3 Å². The normalized spacial score (nSPS) is 11.0. The largest absolute Gasteiger partial charge is 0.359 e. The zero-order valence-corrected chi connectivity index (χ0v) is 12.0. The summed E-state index contributed by atoms with van der Waals surface area (Å²) in [4.78, 5) is 10.3. The maximum absolute atomic E-state index is 10.8. The Hall–Kier alpha value is -4.07. The number of benzene rings is 1. The van der Waals surface area contributed by atoms with Crippen LogP contribution in [-0.4, -0.2) is 35.3 Å². The summed E-state index contributed by atoms with van der Waals surface area (Å²) in [6.45, 7) is 0. The van der Waals surface area contributed by atoms with Gasteiger partial charge in [0.25, 0.3) is 0 Å². The Kier molecular flexibility index (Phi) is 3.94. The Balaban J connectivity index is 1.92. The lowest BCUT2D eigenvalue weighted by Gasteiger charge is -2.08. The lowest BCUT2D eigenvalue weighted by Crippen LogP contribution is -2.01. The number of nitro groups is 1. The molecule has 0 saturated heterocycles. The maximum Gasteiger partial charge on any atom is 0.307 e. The minimum atomic E-state index is -0.524. The maximum atomic E-state index is 10.8. The number of nitrogens with zero attached hydrogens (tertiary/aromatic N) is 7. The number of nitriles is 1. The third-order valence-corrected chi connectivity index (χ3v) is 3.01. The number of para-hydroxylation sites is 2. The molecule has 0 fully saturated rings. The molecule has 2 heterocycles. The van der Waals surface area contributed by atoms with E-state index in [9.17, 15) is 10.1 Å². The van der Waals surface area contributed by atoms with Gasteiger partial charge in [0.15, 0.2) is 0 Å². The van der Waals surface area contributed by atoms with Crippen molar-refractivity contribution in [1.29, 1.82) is 5.26 Å². The van der Waals surface area contributed by atoms with Gasteiger partial charge in [-0.05, 0) is 17.3 Å². The summed E-state index contributed by atoms with van der Waals surface area (Å²) in [5.41, 5.74) is 1.22. The highest BCUT2D eigenvalue weighted by Gasteiger charge is 2.12. The lowest BCUT2D eigenvalue weighted by molar-refractivity contribution is -0.384. The summed E-state index contributed by atoms with van der Waals surface area (Å²) >= 11 is 0. The van der Waals surface area contributed by atoms with Crippen molar-refractivity contribution in [3.8, 4) is 11.8 Å². The summed E-state index contributed by atoms with van der Waals surface area (Å²) in [7, 11) is 0. The number of nitrogens with one attached hydrogen (secondary N) is 2. The molecule has 2 N–H and O–H groups in total. The molecule has 0 unspecified atom stereocenters. The van der Waals surface area contributed by atoms with E-state index in [1.807, 2.05) is 6.07 Å². The number of tetrazole rings is 1. The van der Waals surface area contributed by atoms with E-state index in [2.05, 4.69) is 31.0 Å². The zero-order valence-electron chi connectivity index (χ0n) is 12.0. The summed E-state index contributed by atoms with van der Waals surface area (Å²) in [6, 6.07) is 8.97. The first-order chi connectivity index (χ1) is 11.7. The van der Waals surface area contributed by atoms with Crippen LogP contribution in [0, 0.1) is 21.4 Å². The van der Waals surface area contributed by atoms with Crippen LogP contribution in [-0.2, 0) is 0 Å². The van der Waals surface area contributed by atoms with Crippen LogP contribution in [0.1, 0.15) is 5.82 Å². The van der Waals surface area contributed by atoms with Gasteiger partial charge in [-0.2, -0.15) is 15.6 Å². The Morgan fingerprint density at radius 2 is 2.29 bits per heavy atom. The molecule has 1 aromatic carbocycles. The minimum Gasteiger partial charge on any atom is -0.359 e. The van der Waals surface area contributed by atoms with E-state index < -0.39 is 4.92 Å². The van der Waals surface area contributed by atoms with Crippen molar-refractivity contribution >= 4 is 16.9 Å². The fourth-order valence-electron chi connectivity index (χ4n) is 1.91. The van der Waals surface area contributed by atoms with Crippen molar-refractivity contribution in [3.63, 3.8) is 0 Å². The smallest absolute Gasteiger partial charge is 0.307 e. The fourth-order valence-corrected chi connectivity index (χ4v) is 1.91. The quantitative estimate of drug-likeness (QED) is 0.404. The first-order valence-corrected chi connectivity index (χ1v) is 6.58. The van der Waals surface area contributed by atoms with Gasteiger partial charge in [0.05, 0.1) is 16.3 Å². The molecule has 118 valence electrons. The predicted molar refractivity (Wildman–Crippen MR) is 81.6 cm³/mol. The first kappa shape index (κ1) is 14.9. The van der Waals surface area contributed by atoms with Crippen molar-refractivity contribution in [2.45, 2.75) is 0 Å². The highest BCUT2D eigenvalue weighted by Crippen LogP contribution is 2.22. The molecule has 2 aromatic heterocycles. The fraction of sp³-hybridized carbons (Fsp3) is 0. The predicted octanol–water partition coefficient (Wildman–Crippen LogP) is 1.27. The van der Waals surface area contributed by atoms with Crippen molar-refractivity contribution in [2.75, 3.05) is 5.32 Å². The molecular weight excluding hydrogens is 314 g/mol. The highest BCUT2D eigenvalue weighted by atomic mass is 16.6. The number of allylic oxidation sites excluding steroid dienone is 1. The second-order valence-electron chi connectivity index (χ2n) is 4.47. The molecule has 0 radical (unpaired) electrons. The van der Waals surface area contributed by atoms with E-state index in [-0.39, 0.29) is 17.1 Å². The molecule has 3 aromatic rings. The van der Waals surface area contributed by atoms with Crippen LogP contribution in [0.3, 0.4) is 0 Å². The molecule has 0 bridgehead atoms. The minimum absolute atomic E-state index is 0.121. The molecule has 0 aliphatic carbocycles. The summed E-state index contributed by atoms with van der Waals surface area (Å²) in [5.74, 6) is 0.150. The number of aromatic amines is 1. The average molecular weight is 323 g/mol. The lowest BCUT2D eigenvalue weighted by atomic mass is 10.2. The molecule has 0 atom stereocenters. The van der Waals surface area contributed by atoms with Crippen LogP contribution >= 0.6 is 0 Å². The summed E-state index contributed by atoms with van der Waals surface area (Å²) < 4.78 is 1.37. The van der Waals surface area contributed by atoms with Crippen molar-refractivity contribution in [2.24, 2.45) is 0 Å². The third kappa shape index (κ3) is 2.92. The Labute approximate surface area is 134 Å². The van der Waals surface area contributed by atoms with Crippen LogP contribution in [0.4, 0.5) is 11.4 Å². The Bertz CT molecular complexity index is 937. The van der Waals surface area contributed by atoms with Crippen molar-refractivity contribution < 1.29 is 4.92 Å². The molecule has 0 spiro atoms. The van der Waals surface area contributed by atoms with Gasteiger partial charge in [0.2, 0.25) is 5.82 Å². The number of anilines is 1. The average Bonchev–Trinajstić information content (AvgIpc) is 3.28. The van der Waals surface area contributed by atoms with Crippen molar-refractivity contribution in [3.05, 3.63) is 58.8 Å². The zero-order chi connectivity index (χ0) is 16.9. The van der Waals surface area contributed by atoms with Gasteiger partial charge in [0.1, 0.15) is 24.0 Å². The number of hydrogen-bond acceptors (Lipinski definition) is 8. The van der Waals surface area contributed by atoms with Crippen LogP contribution in [0.5, 0.6) is 0 Å². The molecule has 0 saturated carbocycles. The molecule has 0 aliphatic heterocycles. The number of H-pyrrole nitrogens is 1. The highest BCUT2D eigenvalue weighted by molar-refractivity contribution is 5.75. The van der Waals surface area contributed by atoms with E-state index in [0.717, 1.165) is 6.20 Å². The standard InChI is InChI=1S/C13H9N9O2/c14-5-9(13-17-19-20-18-13)6-15-11-3-1-2-4-12(11)21-8-10(7-16-21)22(23)24/h1-4,6-8,15H,(H,17,18,19,20). The number of aromatic nitrogens is 6. The van der Waals surface area contributed by atoms with Crippen molar-refractivity contribution in [1.82, 2.24) is 30.4 Å². The molecule has 0 amide bonds. The molecule has 3 rings (SSSR count). The Morgan fingerprint density at radius 3 is 2.96 bits per heavy atom. The second kappa shape index (κ2) is 6.36. The first-order valence-electron chi connectivity index (χ1n) is 6.58. The number of rotatable bonds is 5. The van der Waals surface area contributed by atoms with Crippen LogP contribution in [0.2, 0.25) is 0 Å². The van der Waals surface area contributed by atoms with Gasteiger partial charge in [-0.15, -0.1) is 10.2 Å². The van der Waals surface area contributed by atoms with E-state index in [0.29, 0.717) is 11.4 Å². The van der Waals surface area contributed by atoms with Crippen LogP contribution in [0.15, 0.2) is 42.9 Å². The van der Waals surface area contributed by atoms with Crippen LogP contribution in [0.25, 0.3) is 11.3 Å². The van der Waals surface area contributed by atoms with Gasteiger partial charge in [0, 0.05) is 6.20 Å². The van der Waals surface area contributed by atoms with Crippen LogP contribution < -0.4 is 5.32 Å². The second-order valence-corrected chi connectivity index (χ2v) is 4.47. The SMILES string of the molecule is N#CC(=CNc1ccccc1-n1cc([N+](=O)[O-])cn1)c1nn[nH]n1. The van der Waals surface area contributed by atoms with E-state index in [4.69, 9.17) is 5.26 Å². The van der Waals surface area contributed by atoms with Gasteiger partial charge < -0.3 is 5.32 Å². The topological polar surface area (TPSA) is 151 Å². The van der Waals surface area contributed by atoms with Gasteiger partial charge in [-0.25, -0.2) is 4.68 Å².